The number of halogens is 2. The van der Waals surface area contributed by atoms with Crippen molar-refractivity contribution in [3.8, 4) is 5.75 Å². The van der Waals surface area contributed by atoms with E-state index in [9.17, 15) is 0 Å². The van der Waals surface area contributed by atoms with Gasteiger partial charge in [0.25, 0.3) is 0 Å². The minimum Gasteiger partial charge on any atom is -0.483 e. The number of benzene rings is 1. The monoisotopic (exact) mass is 389 g/mol. The highest BCUT2D eigenvalue weighted by Gasteiger charge is 2.11. The lowest BCUT2D eigenvalue weighted by Crippen LogP contribution is -2.17. The van der Waals surface area contributed by atoms with E-state index < -0.39 is 0 Å². The summed E-state index contributed by atoms with van der Waals surface area (Å²) in [5, 5.41) is 3.69. The molecule has 0 spiro atoms. The van der Waals surface area contributed by atoms with Gasteiger partial charge in [-0.15, -0.1) is 0 Å². The Morgan fingerprint density at radius 1 is 1.37 bits per heavy atom. The summed E-state index contributed by atoms with van der Waals surface area (Å²) in [6, 6.07) is 4.12. The smallest absolute Gasteiger partial charge is 0.213 e. The first kappa shape index (κ1) is 14.5. The lowest BCUT2D eigenvalue weighted by atomic mass is 10.1. The zero-order valence-corrected chi connectivity index (χ0v) is 13.4. The summed E-state index contributed by atoms with van der Waals surface area (Å²) < 4.78 is 12.0. The zero-order valence-electron chi connectivity index (χ0n) is 10.3. The number of hydrogen-bond acceptors (Lipinski definition) is 5. The van der Waals surface area contributed by atoms with E-state index in [4.69, 9.17) is 10.5 Å². The Balaban J connectivity index is 2.12. The molecule has 2 N–H and O–H groups in total. The van der Waals surface area contributed by atoms with Crippen LogP contribution in [0.3, 0.4) is 0 Å². The summed E-state index contributed by atoms with van der Waals surface area (Å²) in [7, 11) is 0. The second-order valence-electron chi connectivity index (χ2n) is 4.21. The maximum absolute atomic E-state index is 5.80. The van der Waals surface area contributed by atoms with E-state index in [1.54, 1.807) is 0 Å². The van der Waals surface area contributed by atoms with Crippen LogP contribution in [0.2, 0.25) is 0 Å². The molecule has 19 heavy (non-hydrogen) atoms. The molecule has 1 aromatic heterocycles. The largest absolute Gasteiger partial charge is 0.483 e. The van der Waals surface area contributed by atoms with Gasteiger partial charge in [-0.2, -0.15) is 4.98 Å². The first-order valence-electron chi connectivity index (χ1n) is 5.68. The average molecular weight is 391 g/mol. The third kappa shape index (κ3) is 4.02. The maximum Gasteiger partial charge on any atom is 0.213 e. The van der Waals surface area contributed by atoms with Gasteiger partial charge in [0.05, 0.1) is 8.95 Å². The molecule has 0 radical (unpaired) electrons. The lowest BCUT2D eigenvalue weighted by molar-refractivity contribution is 0.283. The first-order chi connectivity index (χ1) is 9.06. The first-order valence-corrected chi connectivity index (χ1v) is 7.26. The molecule has 1 atom stereocenters. The number of aromatic nitrogens is 2. The molecule has 0 aliphatic rings. The molecule has 102 valence electrons. The summed E-state index contributed by atoms with van der Waals surface area (Å²) in [6.07, 6.45) is 2.08. The molecule has 7 heteroatoms. The fourth-order valence-electron chi connectivity index (χ4n) is 1.63. The van der Waals surface area contributed by atoms with Gasteiger partial charge in [0.15, 0.2) is 6.61 Å². The van der Waals surface area contributed by atoms with Crippen molar-refractivity contribution in [3.05, 3.63) is 38.9 Å². The Morgan fingerprint density at radius 2 is 2.05 bits per heavy atom. The number of rotatable bonds is 5. The molecule has 0 fully saturated rings. The number of hydrogen-bond donors (Lipinski definition) is 1. The van der Waals surface area contributed by atoms with E-state index in [0.717, 1.165) is 20.9 Å². The molecule has 0 saturated carbocycles. The van der Waals surface area contributed by atoms with Crippen LogP contribution in [0.1, 0.15) is 18.3 Å². The van der Waals surface area contributed by atoms with Gasteiger partial charge in [-0.3, -0.25) is 0 Å². The highest BCUT2D eigenvalue weighted by atomic mass is 79.9. The van der Waals surface area contributed by atoms with Gasteiger partial charge in [-0.25, -0.2) is 0 Å². The SMILES string of the molecule is CC(N)Cc1cc(Br)c(OCc2ncon2)c(Br)c1. The molecule has 0 aliphatic carbocycles. The minimum absolute atomic E-state index is 0.116. The second-order valence-corrected chi connectivity index (χ2v) is 5.91. The maximum atomic E-state index is 5.80. The Morgan fingerprint density at radius 3 is 2.58 bits per heavy atom. The molecule has 0 amide bonds. The molecule has 2 rings (SSSR count). The molecule has 0 bridgehead atoms. The number of nitrogens with two attached hydrogens (primary N) is 1. The van der Waals surface area contributed by atoms with E-state index in [-0.39, 0.29) is 12.6 Å². The van der Waals surface area contributed by atoms with Gasteiger partial charge >= 0.3 is 0 Å². The molecule has 1 unspecified atom stereocenters. The van der Waals surface area contributed by atoms with E-state index >= 15 is 0 Å². The molecule has 5 nitrogen and oxygen atoms in total. The summed E-state index contributed by atoms with van der Waals surface area (Å²) >= 11 is 6.98. The van der Waals surface area contributed by atoms with Crippen molar-refractivity contribution in [2.45, 2.75) is 26.0 Å². The van der Waals surface area contributed by atoms with Gasteiger partial charge in [-0.05, 0) is 62.9 Å². The fraction of sp³-hybridized carbons (Fsp3) is 0.333. The Labute approximate surface area is 127 Å². The minimum atomic E-state index is 0.116. The summed E-state index contributed by atoms with van der Waals surface area (Å²) in [6.45, 7) is 2.23. The van der Waals surface area contributed by atoms with Gasteiger partial charge in [0.1, 0.15) is 5.75 Å². The van der Waals surface area contributed by atoms with Crippen LogP contribution >= 0.6 is 31.9 Å². The van der Waals surface area contributed by atoms with Crippen molar-refractivity contribution < 1.29 is 9.26 Å². The Hall–Kier alpha value is -0.920. The van der Waals surface area contributed by atoms with Gasteiger partial charge < -0.3 is 15.0 Å². The number of ether oxygens (including phenoxy) is 1. The quantitative estimate of drug-likeness (QED) is 0.849. The Kier molecular flexibility index (Phi) is 4.95. The van der Waals surface area contributed by atoms with Crippen molar-refractivity contribution in [1.29, 1.82) is 0 Å². The van der Waals surface area contributed by atoms with Crippen molar-refractivity contribution in [1.82, 2.24) is 10.1 Å². The van der Waals surface area contributed by atoms with E-state index in [2.05, 4.69) is 46.5 Å². The predicted molar refractivity (Wildman–Crippen MR) is 77.8 cm³/mol. The predicted octanol–water partition coefficient (Wildman–Crippen LogP) is 3.06. The van der Waals surface area contributed by atoms with Crippen LogP contribution < -0.4 is 10.5 Å². The standard InChI is InChI=1S/C12H13Br2N3O2/c1-7(15)2-8-3-9(13)12(10(14)4-8)18-5-11-16-6-19-17-11/h3-4,6-7H,2,5,15H2,1H3. The fourth-order valence-corrected chi connectivity index (χ4v) is 3.14. The van der Waals surface area contributed by atoms with Crippen molar-refractivity contribution in [2.24, 2.45) is 5.73 Å². The van der Waals surface area contributed by atoms with Crippen molar-refractivity contribution in [3.63, 3.8) is 0 Å². The third-order valence-electron chi connectivity index (χ3n) is 2.37. The lowest BCUT2D eigenvalue weighted by Gasteiger charge is -2.12. The molecule has 1 aromatic carbocycles. The van der Waals surface area contributed by atoms with E-state index in [1.807, 2.05) is 19.1 Å². The molecule has 0 saturated heterocycles. The highest BCUT2D eigenvalue weighted by molar-refractivity contribution is 9.11. The van der Waals surface area contributed by atoms with Gasteiger partial charge in [-0.1, -0.05) is 5.16 Å². The van der Waals surface area contributed by atoms with Crippen LogP contribution in [0.5, 0.6) is 5.75 Å². The summed E-state index contributed by atoms with van der Waals surface area (Å²) in [5.41, 5.74) is 6.94. The molecule has 1 heterocycles. The summed E-state index contributed by atoms with van der Waals surface area (Å²) in [5.74, 6) is 1.21. The molecule has 0 aliphatic heterocycles. The van der Waals surface area contributed by atoms with E-state index in [0.29, 0.717) is 11.6 Å². The van der Waals surface area contributed by atoms with Gasteiger partial charge in [0.2, 0.25) is 12.2 Å². The van der Waals surface area contributed by atoms with Crippen LogP contribution in [-0.2, 0) is 13.0 Å². The Bertz CT molecular complexity index is 521. The van der Waals surface area contributed by atoms with Crippen LogP contribution in [0.25, 0.3) is 0 Å². The zero-order chi connectivity index (χ0) is 13.8. The van der Waals surface area contributed by atoms with Crippen molar-refractivity contribution in [2.75, 3.05) is 0 Å². The van der Waals surface area contributed by atoms with Crippen LogP contribution in [-0.4, -0.2) is 16.2 Å². The van der Waals surface area contributed by atoms with E-state index in [1.165, 1.54) is 6.39 Å². The van der Waals surface area contributed by atoms with Crippen LogP contribution in [0.15, 0.2) is 32.0 Å². The normalized spacial score (nSPS) is 12.4. The van der Waals surface area contributed by atoms with Crippen molar-refractivity contribution >= 4 is 31.9 Å². The molecular weight excluding hydrogens is 378 g/mol. The van der Waals surface area contributed by atoms with Gasteiger partial charge in [0, 0.05) is 6.04 Å². The molecule has 2 aromatic rings. The highest BCUT2D eigenvalue weighted by Crippen LogP contribution is 2.35. The average Bonchev–Trinajstić information content (AvgIpc) is 2.79. The summed E-state index contributed by atoms with van der Waals surface area (Å²) in [4.78, 5) is 3.90. The topological polar surface area (TPSA) is 74.2 Å². The second kappa shape index (κ2) is 6.49. The number of nitrogens with zero attached hydrogens (tertiary/aromatic N) is 2. The van der Waals surface area contributed by atoms with Crippen LogP contribution in [0.4, 0.5) is 0 Å². The molecular formula is C12H13Br2N3O2. The van der Waals surface area contributed by atoms with Crippen LogP contribution in [0, 0.1) is 0 Å². The third-order valence-corrected chi connectivity index (χ3v) is 3.55.